The molecule has 2 aromatic heterocycles. The Labute approximate surface area is 213 Å². The molecule has 3 aromatic rings. The summed E-state index contributed by atoms with van der Waals surface area (Å²) in [5.41, 5.74) is 1.55. The monoisotopic (exact) mass is 514 g/mol. The van der Waals surface area contributed by atoms with E-state index in [0.29, 0.717) is 21.5 Å². The van der Waals surface area contributed by atoms with Crippen LogP contribution in [0.1, 0.15) is 65.3 Å². The second-order valence-electron chi connectivity index (χ2n) is 8.42. The quantitative estimate of drug-likeness (QED) is 0.326. The molecule has 8 nitrogen and oxygen atoms in total. The lowest BCUT2D eigenvalue weighted by molar-refractivity contribution is -0.113. The molecule has 35 heavy (non-hydrogen) atoms. The van der Waals surface area contributed by atoms with Gasteiger partial charge in [0, 0.05) is 11.9 Å². The highest BCUT2D eigenvalue weighted by atomic mass is 32.2. The van der Waals surface area contributed by atoms with Gasteiger partial charge in [0.2, 0.25) is 5.91 Å². The van der Waals surface area contributed by atoms with E-state index < -0.39 is 5.97 Å². The molecule has 1 aromatic carbocycles. The Kier molecular flexibility index (Phi) is 8.46. The van der Waals surface area contributed by atoms with Crippen molar-refractivity contribution in [3.05, 3.63) is 52.2 Å². The molecule has 1 atom stereocenters. The molecule has 0 aliphatic heterocycles. The summed E-state index contributed by atoms with van der Waals surface area (Å²) in [6.45, 7) is 1.91. The maximum atomic E-state index is 12.8. The maximum absolute atomic E-state index is 12.8. The van der Waals surface area contributed by atoms with Gasteiger partial charge < -0.3 is 19.4 Å². The number of methoxy groups -OCH3 is 1. The van der Waals surface area contributed by atoms with E-state index in [4.69, 9.17) is 9.47 Å². The van der Waals surface area contributed by atoms with E-state index in [9.17, 15) is 9.59 Å². The summed E-state index contributed by atoms with van der Waals surface area (Å²) in [5, 5.41) is 12.6. The SMILES string of the molecule is COC(=O)c1c(NC(=O)CSc2nnc(C(C)Oc3ccccc3)n2C)sc2c1CCCCCC2. The fraction of sp³-hybridized carbons (Fsp3) is 0.440. The van der Waals surface area contributed by atoms with Crippen LogP contribution in [0.3, 0.4) is 0 Å². The zero-order valence-corrected chi connectivity index (χ0v) is 21.8. The Balaban J connectivity index is 1.42. The Morgan fingerprint density at radius 3 is 2.63 bits per heavy atom. The third kappa shape index (κ3) is 6.05. The molecular formula is C25H30N4O4S2. The van der Waals surface area contributed by atoms with E-state index in [1.807, 2.05) is 48.9 Å². The summed E-state index contributed by atoms with van der Waals surface area (Å²) in [6, 6.07) is 9.54. The highest BCUT2D eigenvalue weighted by Crippen LogP contribution is 2.37. The number of aromatic nitrogens is 3. The van der Waals surface area contributed by atoms with Crippen LogP contribution in [0.4, 0.5) is 5.00 Å². The van der Waals surface area contributed by atoms with Gasteiger partial charge in [0.05, 0.1) is 18.4 Å². The Morgan fingerprint density at radius 2 is 1.89 bits per heavy atom. The molecule has 1 aliphatic carbocycles. The van der Waals surface area contributed by atoms with Crippen molar-refractivity contribution in [1.82, 2.24) is 14.8 Å². The van der Waals surface area contributed by atoms with Crippen LogP contribution >= 0.6 is 23.1 Å². The van der Waals surface area contributed by atoms with Gasteiger partial charge >= 0.3 is 5.97 Å². The van der Waals surface area contributed by atoms with E-state index in [-0.39, 0.29) is 17.8 Å². The molecular weight excluding hydrogens is 484 g/mol. The van der Waals surface area contributed by atoms with E-state index in [1.54, 1.807) is 0 Å². The number of benzene rings is 1. The first-order valence-corrected chi connectivity index (χ1v) is 13.5. The van der Waals surface area contributed by atoms with Crippen LogP contribution in [0.5, 0.6) is 5.75 Å². The molecule has 2 heterocycles. The summed E-state index contributed by atoms with van der Waals surface area (Å²) < 4.78 is 12.8. The molecule has 0 radical (unpaired) electrons. The average Bonchev–Trinajstić information content (AvgIpc) is 3.37. The van der Waals surface area contributed by atoms with Crippen molar-refractivity contribution < 1.29 is 19.1 Å². The largest absolute Gasteiger partial charge is 0.483 e. The molecule has 186 valence electrons. The maximum Gasteiger partial charge on any atom is 0.341 e. The number of nitrogens with zero attached hydrogens (tertiary/aromatic N) is 3. The first-order chi connectivity index (χ1) is 17.0. The minimum Gasteiger partial charge on any atom is -0.483 e. The van der Waals surface area contributed by atoms with Crippen molar-refractivity contribution in [3.63, 3.8) is 0 Å². The molecule has 1 unspecified atom stereocenters. The van der Waals surface area contributed by atoms with Gasteiger partial charge in [-0.1, -0.05) is 42.8 Å². The summed E-state index contributed by atoms with van der Waals surface area (Å²) in [4.78, 5) is 26.6. The number of amides is 1. The number of esters is 1. The lowest BCUT2D eigenvalue weighted by Gasteiger charge is -2.14. The van der Waals surface area contributed by atoms with Crippen molar-refractivity contribution in [1.29, 1.82) is 0 Å². The van der Waals surface area contributed by atoms with Crippen LogP contribution in [0.25, 0.3) is 0 Å². The molecule has 4 rings (SSSR count). The zero-order valence-electron chi connectivity index (χ0n) is 20.2. The molecule has 1 N–H and O–H groups in total. The van der Waals surface area contributed by atoms with Gasteiger partial charge in [0.25, 0.3) is 0 Å². The van der Waals surface area contributed by atoms with Crippen LogP contribution in [0.2, 0.25) is 0 Å². The van der Waals surface area contributed by atoms with Crippen LogP contribution in [-0.4, -0.2) is 39.5 Å². The van der Waals surface area contributed by atoms with Gasteiger partial charge in [-0.2, -0.15) is 0 Å². The third-order valence-corrected chi connectivity index (χ3v) is 8.16. The van der Waals surface area contributed by atoms with Crippen molar-refractivity contribution in [2.75, 3.05) is 18.2 Å². The number of fused-ring (bicyclic) bond motifs is 1. The van der Waals surface area contributed by atoms with E-state index in [2.05, 4.69) is 15.5 Å². The smallest absolute Gasteiger partial charge is 0.341 e. The number of thioether (sulfide) groups is 1. The van der Waals surface area contributed by atoms with Gasteiger partial charge in [-0.3, -0.25) is 4.79 Å². The summed E-state index contributed by atoms with van der Waals surface area (Å²) >= 11 is 2.79. The van der Waals surface area contributed by atoms with E-state index in [0.717, 1.165) is 43.4 Å². The molecule has 0 saturated carbocycles. The molecule has 0 spiro atoms. The molecule has 10 heteroatoms. The summed E-state index contributed by atoms with van der Waals surface area (Å²) in [7, 11) is 3.24. The van der Waals surface area contributed by atoms with Crippen molar-refractivity contribution in [3.8, 4) is 5.75 Å². The lowest BCUT2D eigenvalue weighted by Crippen LogP contribution is -2.17. The minimum atomic E-state index is -0.392. The lowest BCUT2D eigenvalue weighted by atomic mass is 9.96. The number of anilines is 1. The first-order valence-electron chi connectivity index (χ1n) is 11.7. The minimum absolute atomic E-state index is 0.142. The van der Waals surface area contributed by atoms with Crippen LogP contribution in [-0.2, 0) is 29.4 Å². The average molecular weight is 515 g/mol. The molecule has 1 amide bonds. The number of carbonyl (C=O) groups excluding carboxylic acids is 2. The number of aryl methyl sites for hydroxylation is 1. The number of para-hydroxylation sites is 1. The predicted molar refractivity (Wildman–Crippen MR) is 137 cm³/mol. The van der Waals surface area contributed by atoms with Gasteiger partial charge in [-0.05, 0) is 50.3 Å². The topological polar surface area (TPSA) is 95.3 Å². The Morgan fingerprint density at radius 1 is 1.14 bits per heavy atom. The number of carbonyl (C=O) groups is 2. The molecule has 0 bridgehead atoms. The number of hydrogen-bond donors (Lipinski definition) is 1. The predicted octanol–water partition coefficient (Wildman–Crippen LogP) is 5.19. The van der Waals surface area contributed by atoms with Gasteiger partial charge in [0.15, 0.2) is 17.1 Å². The van der Waals surface area contributed by atoms with Crippen molar-refractivity contribution >= 4 is 40.0 Å². The van der Waals surface area contributed by atoms with Crippen LogP contribution in [0, 0.1) is 0 Å². The number of hydrogen-bond acceptors (Lipinski definition) is 8. The summed E-state index contributed by atoms with van der Waals surface area (Å²) in [6.07, 6.45) is 5.95. The number of thiophene rings is 1. The number of ether oxygens (including phenoxy) is 2. The molecule has 1 aliphatic rings. The fourth-order valence-corrected chi connectivity index (χ4v) is 6.19. The van der Waals surface area contributed by atoms with Crippen LogP contribution < -0.4 is 10.1 Å². The highest BCUT2D eigenvalue weighted by molar-refractivity contribution is 7.99. The van der Waals surface area contributed by atoms with E-state index in [1.165, 1.54) is 41.5 Å². The first kappa shape index (κ1) is 25.2. The second-order valence-corrected chi connectivity index (χ2v) is 10.5. The van der Waals surface area contributed by atoms with Crippen molar-refractivity contribution in [2.45, 2.75) is 56.7 Å². The number of rotatable bonds is 8. The third-order valence-electron chi connectivity index (χ3n) is 5.93. The molecule has 0 fully saturated rings. The fourth-order valence-electron chi connectivity index (χ4n) is 4.18. The second kappa shape index (κ2) is 11.7. The van der Waals surface area contributed by atoms with E-state index >= 15 is 0 Å². The summed E-state index contributed by atoms with van der Waals surface area (Å²) in [5.74, 6) is 0.970. The van der Waals surface area contributed by atoms with Gasteiger partial charge in [-0.25, -0.2) is 4.79 Å². The normalized spacial score (nSPS) is 14.4. The highest BCUT2D eigenvalue weighted by Gasteiger charge is 2.26. The zero-order chi connectivity index (χ0) is 24.8. The Bertz CT molecular complexity index is 1180. The van der Waals surface area contributed by atoms with Gasteiger partial charge in [0.1, 0.15) is 10.8 Å². The van der Waals surface area contributed by atoms with Crippen LogP contribution in [0.15, 0.2) is 35.5 Å². The van der Waals surface area contributed by atoms with Crippen molar-refractivity contribution in [2.24, 2.45) is 7.05 Å². The standard InChI is InChI=1S/C25H30N4O4S2/c1-16(33-17-11-7-6-8-12-17)22-27-28-25(29(22)2)34-15-20(30)26-23-21(24(31)32-3)18-13-9-4-5-10-14-19(18)35-23/h6-8,11-12,16H,4-5,9-10,13-15H2,1-3H3,(H,26,30). The Hall–Kier alpha value is -2.85. The molecule has 0 saturated heterocycles. The number of nitrogens with one attached hydrogen (secondary N) is 1. The van der Waals surface area contributed by atoms with Gasteiger partial charge in [-0.15, -0.1) is 21.5 Å².